The molecular weight excluding hydrogens is 253 g/mol. The highest BCUT2D eigenvalue weighted by Gasteiger charge is 1.99. The van der Waals surface area contributed by atoms with E-state index in [4.69, 9.17) is 0 Å². The lowest BCUT2D eigenvalue weighted by atomic mass is 10.2. The average molecular weight is 259 g/mol. The van der Waals surface area contributed by atoms with E-state index in [1.165, 1.54) is 6.08 Å². The smallest absolute Gasteiger partial charge is 0.211 e. The van der Waals surface area contributed by atoms with Gasteiger partial charge in [0, 0.05) is 3.57 Å². The highest BCUT2D eigenvalue weighted by atomic mass is 127. The second-order valence-corrected chi connectivity index (χ2v) is 3.27. The summed E-state index contributed by atoms with van der Waals surface area (Å²) in [5.41, 5.74) is 1.73. The molecule has 0 atom stereocenters. The second kappa shape index (κ2) is 3.64. The van der Waals surface area contributed by atoms with Gasteiger partial charge in [-0.2, -0.15) is 4.99 Å². The molecule has 0 saturated heterocycles. The largest absolute Gasteiger partial charge is 0.240 e. The van der Waals surface area contributed by atoms with Crippen molar-refractivity contribution in [1.82, 2.24) is 0 Å². The van der Waals surface area contributed by atoms with Crippen LogP contribution in [0.15, 0.2) is 23.2 Å². The van der Waals surface area contributed by atoms with Crippen LogP contribution in [0, 0.1) is 10.5 Å². The van der Waals surface area contributed by atoms with E-state index in [1.54, 1.807) is 0 Å². The molecule has 0 aromatic heterocycles. The van der Waals surface area contributed by atoms with Crippen molar-refractivity contribution in [3.63, 3.8) is 0 Å². The molecule has 1 aromatic rings. The second-order valence-electron chi connectivity index (χ2n) is 2.11. The number of hydrogen-bond donors (Lipinski definition) is 0. The van der Waals surface area contributed by atoms with Gasteiger partial charge in [0.05, 0.1) is 5.69 Å². The predicted octanol–water partition coefficient (Wildman–Crippen LogP) is 2.57. The molecule has 3 heteroatoms. The lowest BCUT2D eigenvalue weighted by Gasteiger charge is -1.98. The Morgan fingerprint density at radius 2 is 2.27 bits per heavy atom. The number of aliphatic imine (C=N–C) groups is 1. The minimum absolute atomic E-state index is 0.725. The van der Waals surface area contributed by atoms with Gasteiger partial charge in [-0.15, -0.1) is 0 Å². The van der Waals surface area contributed by atoms with E-state index in [-0.39, 0.29) is 0 Å². The van der Waals surface area contributed by atoms with Crippen LogP contribution in [0.5, 0.6) is 0 Å². The van der Waals surface area contributed by atoms with E-state index in [9.17, 15) is 4.79 Å². The van der Waals surface area contributed by atoms with Crippen LogP contribution in [-0.2, 0) is 4.79 Å². The Hall–Kier alpha value is -0.670. The lowest BCUT2D eigenvalue weighted by Crippen LogP contribution is -1.77. The van der Waals surface area contributed by atoms with Gasteiger partial charge in [0.1, 0.15) is 0 Å². The summed E-state index contributed by atoms with van der Waals surface area (Å²) in [5.74, 6) is 0. The maximum atomic E-state index is 9.98. The van der Waals surface area contributed by atoms with Crippen LogP contribution in [0.2, 0.25) is 0 Å². The third kappa shape index (κ3) is 1.88. The summed E-state index contributed by atoms with van der Waals surface area (Å²) in [4.78, 5) is 13.6. The molecule has 0 spiro atoms. The Balaban J connectivity index is 3.31. The standard InChI is InChI=1S/C8H6INO/c1-6-3-2-4-7(9)8(6)10-5-11/h2-4H,1H3. The van der Waals surface area contributed by atoms with Crippen LogP contribution < -0.4 is 0 Å². The molecule has 0 saturated carbocycles. The fourth-order valence-electron chi connectivity index (χ4n) is 0.810. The number of halogens is 1. The molecule has 0 bridgehead atoms. The molecule has 11 heavy (non-hydrogen) atoms. The predicted molar refractivity (Wildman–Crippen MR) is 51.7 cm³/mol. The Morgan fingerprint density at radius 1 is 1.55 bits per heavy atom. The van der Waals surface area contributed by atoms with Crippen molar-refractivity contribution in [1.29, 1.82) is 0 Å². The minimum atomic E-state index is 0.725. The van der Waals surface area contributed by atoms with Crippen LogP contribution in [0.25, 0.3) is 0 Å². The van der Waals surface area contributed by atoms with Crippen LogP contribution in [0.4, 0.5) is 5.69 Å². The van der Waals surface area contributed by atoms with Crippen LogP contribution in [-0.4, -0.2) is 6.08 Å². The first kappa shape index (κ1) is 8.43. The topological polar surface area (TPSA) is 29.4 Å². The number of carbonyl (C=O) groups excluding carboxylic acids is 1. The summed E-state index contributed by atoms with van der Waals surface area (Å²) in [6.07, 6.45) is 1.54. The molecular formula is C8H6INO. The van der Waals surface area contributed by atoms with E-state index in [2.05, 4.69) is 27.6 Å². The molecule has 0 aliphatic carbocycles. The number of isocyanates is 1. The van der Waals surface area contributed by atoms with Crippen molar-refractivity contribution in [2.75, 3.05) is 0 Å². The molecule has 2 nitrogen and oxygen atoms in total. The molecule has 0 heterocycles. The summed E-state index contributed by atoms with van der Waals surface area (Å²) in [6.45, 7) is 1.92. The Kier molecular flexibility index (Phi) is 2.79. The Bertz CT molecular complexity index is 296. The third-order valence-electron chi connectivity index (χ3n) is 1.35. The van der Waals surface area contributed by atoms with Gasteiger partial charge in [-0.25, -0.2) is 4.79 Å². The monoisotopic (exact) mass is 259 g/mol. The molecule has 0 amide bonds. The number of benzene rings is 1. The highest BCUT2D eigenvalue weighted by Crippen LogP contribution is 2.24. The zero-order valence-corrected chi connectivity index (χ0v) is 8.12. The zero-order chi connectivity index (χ0) is 8.27. The van der Waals surface area contributed by atoms with Gasteiger partial charge in [-0.05, 0) is 41.1 Å². The molecule has 56 valence electrons. The first-order valence-corrected chi connectivity index (χ1v) is 4.16. The number of aryl methyl sites for hydroxylation is 1. The normalized spacial score (nSPS) is 8.91. The van der Waals surface area contributed by atoms with Crippen LogP contribution in [0.3, 0.4) is 0 Å². The van der Waals surface area contributed by atoms with Crippen LogP contribution in [0.1, 0.15) is 5.56 Å². The van der Waals surface area contributed by atoms with E-state index < -0.39 is 0 Å². The van der Waals surface area contributed by atoms with E-state index in [1.807, 2.05) is 25.1 Å². The third-order valence-corrected chi connectivity index (χ3v) is 2.22. The van der Waals surface area contributed by atoms with Gasteiger partial charge >= 0.3 is 0 Å². The molecule has 0 fully saturated rings. The molecule has 0 N–H and O–H groups in total. The minimum Gasteiger partial charge on any atom is -0.211 e. The Morgan fingerprint density at radius 3 is 2.82 bits per heavy atom. The lowest BCUT2D eigenvalue weighted by molar-refractivity contribution is 0.565. The summed E-state index contributed by atoms with van der Waals surface area (Å²) < 4.78 is 0.978. The highest BCUT2D eigenvalue weighted by molar-refractivity contribution is 14.1. The fourth-order valence-corrected chi connectivity index (χ4v) is 1.56. The number of rotatable bonds is 1. The number of para-hydroxylation sites is 1. The molecule has 0 unspecified atom stereocenters. The van der Waals surface area contributed by atoms with E-state index >= 15 is 0 Å². The maximum absolute atomic E-state index is 9.98. The quantitative estimate of drug-likeness (QED) is 0.433. The van der Waals surface area contributed by atoms with Gasteiger partial charge in [-0.3, -0.25) is 0 Å². The molecule has 0 radical (unpaired) electrons. The summed E-state index contributed by atoms with van der Waals surface area (Å²) >= 11 is 2.14. The zero-order valence-electron chi connectivity index (χ0n) is 5.97. The fraction of sp³-hybridized carbons (Fsp3) is 0.125. The first-order valence-electron chi connectivity index (χ1n) is 3.08. The van der Waals surface area contributed by atoms with Gasteiger partial charge in [0.25, 0.3) is 0 Å². The van der Waals surface area contributed by atoms with E-state index in [0.29, 0.717) is 0 Å². The van der Waals surface area contributed by atoms with E-state index in [0.717, 1.165) is 14.8 Å². The number of hydrogen-bond acceptors (Lipinski definition) is 2. The van der Waals surface area contributed by atoms with Crippen molar-refractivity contribution >= 4 is 34.4 Å². The van der Waals surface area contributed by atoms with Crippen LogP contribution >= 0.6 is 22.6 Å². The first-order chi connectivity index (χ1) is 5.25. The van der Waals surface area contributed by atoms with Crippen molar-refractivity contribution in [2.45, 2.75) is 6.92 Å². The summed E-state index contributed by atoms with van der Waals surface area (Å²) in [7, 11) is 0. The molecule has 0 aliphatic heterocycles. The van der Waals surface area contributed by atoms with Gasteiger partial charge in [0.2, 0.25) is 6.08 Å². The average Bonchev–Trinajstić information content (AvgIpc) is 1.97. The van der Waals surface area contributed by atoms with Crippen molar-refractivity contribution in [2.24, 2.45) is 4.99 Å². The van der Waals surface area contributed by atoms with Crippen molar-refractivity contribution in [3.05, 3.63) is 27.3 Å². The Labute approximate surface area is 78.5 Å². The summed E-state index contributed by atoms with van der Waals surface area (Å²) in [6, 6.07) is 5.75. The van der Waals surface area contributed by atoms with Gasteiger partial charge in [0.15, 0.2) is 0 Å². The van der Waals surface area contributed by atoms with Gasteiger partial charge < -0.3 is 0 Å². The molecule has 1 rings (SSSR count). The molecule has 1 aromatic carbocycles. The van der Waals surface area contributed by atoms with Gasteiger partial charge in [-0.1, -0.05) is 12.1 Å². The summed E-state index contributed by atoms with van der Waals surface area (Å²) in [5, 5.41) is 0. The maximum Gasteiger partial charge on any atom is 0.240 e. The van der Waals surface area contributed by atoms with Crippen molar-refractivity contribution in [3.8, 4) is 0 Å². The van der Waals surface area contributed by atoms with Crippen molar-refractivity contribution < 1.29 is 4.79 Å². The molecule has 0 aliphatic rings. The SMILES string of the molecule is Cc1cccc(I)c1N=C=O. The number of nitrogens with zero attached hydrogens (tertiary/aromatic N) is 1.